The molecule has 0 bridgehead atoms. The molecule has 0 aromatic heterocycles. The largest absolute Gasteiger partial charge is 0.376 e. The lowest BCUT2D eigenvalue weighted by Gasteiger charge is -2.18. The molecule has 2 aromatic rings. The number of benzene rings is 2. The highest BCUT2D eigenvalue weighted by Crippen LogP contribution is 2.25. The van der Waals surface area contributed by atoms with Crippen molar-refractivity contribution in [2.45, 2.75) is 12.8 Å². The number of nitrogens with zero attached hydrogens (tertiary/aromatic N) is 1. The van der Waals surface area contributed by atoms with Crippen LogP contribution in [0.25, 0.3) is 0 Å². The Morgan fingerprint density at radius 1 is 0.958 bits per heavy atom. The van der Waals surface area contributed by atoms with Crippen LogP contribution in [0.5, 0.6) is 0 Å². The summed E-state index contributed by atoms with van der Waals surface area (Å²) in [5.41, 5.74) is 2.78. The smallest absolute Gasteiger partial charge is 0.243 e. The topological polar surface area (TPSA) is 44.4 Å². The normalized spacial score (nSPS) is 13.8. The van der Waals surface area contributed by atoms with Gasteiger partial charge in [-0.2, -0.15) is 0 Å². The number of carbonyl (C=O) groups is 1. The van der Waals surface area contributed by atoms with Crippen LogP contribution >= 0.6 is 23.2 Å². The molecule has 1 aliphatic rings. The first-order valence-corrected chi connectivity index (χ1v) is 8.71. The lowest BCUT2D eigenvalue weighted by molar-refractivity contribution is -0.114. The second-order valence-corrected chi connectivity index (χ2v) is 6.59. The third-order valence-corrected chi connectivity index (χ3v) is 4.73. The van der Waals surface area contributed by atoms with Crippen molar-refractivity contribution in [3.05, 3.63) is 52.5 Å². The highest BCUT2D eigenvalue weighted by Gasteiger charge is 2.11. The van der Waals surface area contributed by atoms with E-state index in [-0.39, 0.29) is 12.5 Å². The minimum absolute atomic E-state index is 0.142. The molecule has 1 heterocycles. The molecule has 0 radical (unpaired) electrons. The number of hydrogen-bond acceptors (Lipinski definition) is 3. The summed E-state index contributed by atoms with van der Waals surface area (Å²) in [6, 6.07) is 13.2. The minimum atomic E-state index is -0.142. The number of hydrogen-bond donors (Lipinski definition) is 2. The van der Waals surface area contributed by atoms with Gasteiger partial charge in [0.25, 0.3) is 0 Å². The Balaban J connectivity index is 1.51. The van der Waals surface area contributed by atoms with E-state index in [1.165, 1.54) is 18.5 Å². The van der Waals surface area contributed by atoms with Crippen LogP contribution in [0.2, 0.25) is 10.0 Å². The van der Waals surface area contributed by atoms with Crippen molar-refractivity contribution in [1.29, 1.82) is 0 Å². The van der Waals surface area contributed by atoms with Gasteiger partial charge in [0, 0.05) is 30.2 Å². The van der Waals surface area contributed by atoms with Crippen LogP contribution in [0.1, 0.15) is 12.8 Å². The molecular weight excluding hydrogens is 345 g/mol. The summed E-state index contributed by atoms with van der Waals surface area (Å²) in [5.74, 6) is -0.142. The molecule has 2 aromatic carbocycles. The summed E-state index contributed by atoms with van der Waals surface area (Å²) in [7, 11) is 0. The zero-order valence-corrected chi connectivity index (χ0v) is 14.7. The molecular formula is C18H19Cl2N3O. The highest BCUT2D eigenvalue weighted by molar-refractivity contribution is 6.42. The molecule has 0 unspecified atom stereocenters. The summed E-state index contributed by atoms with van der Waals surface area (Å²) in [4.78, 5) is 14.4. The zero-order valence-electron chi connectivity index (χ0n) is 13.2. The van der Waals surface area contributed by atoms with Crippen molar-refractivity contribution in [3.8, 4) is 0 Å². The van der Waals surface area contributed by atoms with Gasteiger partial charge in [0.2, 0.25) is 5.91 Å². The fraction of sp³-hybridized carbons (Fsp3) is 0.278. The Labute approximate surface area is 151 Å². The van der Waals surface area contributed by atoms with E-state index in [1.807, 2.05) is 12.1 Å². The maximum atomic E-state index is 12.0. The van der Waals surface area contributed by atoms with Crippen LogP contribution in [0.4, 0.5) is 17.1 Å². The van der Waals surface area contributed by atoms with Crippen LogP contribution in [0.15, 0.2) is 42.5 Å². The number of amides is 1. The second-order valence-electron chi connectivity index (χ2n) is 5.77. The van der Waals surface area contributed by atoms with Gasteiger partial charge in [-0.25, -0.2) is 0 Å². The van der Waals surface area contributed by atoms with Crippen molar-refractivity contribution in [2.75, 3.05) is 35.2 Å². The van der Waals surface area contributed by atoms with Gasteiger partial charge in [-0.1, -0.05) is 23.2 Å². The van der Waals surface area contributed by atoms with Gasteiger partial charge in [-0.3, -0.25) is 4.79 Å². The van der Waals surface area contributed by atoms with E-state index in [9.17, 15) is 4.79 Å². The van der Waals surface area contributed by atoms with E-state index in [4.69, 9.17) is 23.2 Å². The van der Waals surface area contributed by atoms with E-state index in [0.29, 0.717) is 15.7 Å². The molecule has 1 saturated heterocycles. The average molecular weight is 364 g/mol. The molecule has 4 nitrogen and oxygen atoms in total. The molecule has 1 aliphatic heterocycles. The molecule has 1 fully saturated rings. The SMILES string of the molecule is O=C(CNc1ccc(N2CCCC2)cc1)Nc1ccc(Cl)c(Cl)c1. The molecule has 1 amide bonds. The van der Waals surface area contributed by atoms with E-state index in [2.05, 4.69) is 27.7 Å². The summed E-state index contributed by atoms with van der Waals surface area (Å²) in [5, 5.41) is 6.78. The van der Waals surface area contributed by atoms with Gasteiger partial charge in [0.1, 0.15) is 0 Å². The second kappa shape index (κ2) is 7.77. The fourth-order valence-electron chi connectivity index (χ4n) is 2.73. The van der Waals surface area contributed by atoms with E-state index in [1.54, 1.807) is 18.2 Å². The molecule has 0 atom stereocenters. The highest BCUT2D eigenvalue weighted by atomic mass is 35.5. The van der Waals surface area contributed by atoms with Crippen molar-refractivity contribution < 1.29 is 4.79 Å². The van der Waals surface area contributed by atoms with Crippen molar-refractivity contribution in [3.63, 3.8) is 0 Å². The van der Waals surface area contributed by atoms with Crippen molar-refractivity contribution in [1.82, 2.24) is 0 Å². The summed E-state index contributed by atoms with van der Waals surface area (Å²) in [6.07, 6.45) is 2.52. The molecule has 6 heteroatoms. The molecule has 24 heavy (non-hydrogen) atoms. The van der Waals surface area contributed by atoms with E-state index >= 15 is 0 Å². The summed E-state index contributed by atoms with van der Waals surface area (Å²) in [6.45, 7) is 2.43. The molecule has 0 aliphatic carbocycles. The summed E-state index contributed by atoms with van der Waals surface area (Å²) < 4.78 is 0. The quantitative estimate of drug-likeness (QED) is 0.812. The number of rotatable bonds is 5. The van der Waals surface area contributed by atoms with Crippen molar-refractivity contribution in [2.24, 2.45) is 0 Å². The van der Waals surface area contributed by atoms with Gasteiger partial charge in [-0.05, 0) is 55.3 Å². The first-order valence-electron chi connectivity index (χ1n) is 7.95. The fourth-order valence-corrected chi connectivity index (χ4v) is 3.02. The number of anilines is 3. The molecule has 2 N–H and O–H groups in total. The zero-order chi connectivity index (χ0) is 16.9. The standard InChI is InChI=1S/C18H19Cl2N3O/c19-16-8-5-14(11-17(16)20)22-18(24)12-21-13-3-6-15(7-4-13)23-9-1-2-10-23/h3-8,11,21H,1-2,9-10,12H2,(H,22,24). The number of halogens is 2. The Morgan fingerprint density at radius 3 is 2.29 bits per heavy atom. The first-order chi connectivity index (χ1) is 11.6. The van der Waals surface area contributed by atoms with Crippen LogP contribution in [0, 0.1) is 0 Å². The molecule has 0 spiro atoms. The Kier molecular flexibility index (Phi) is 5.48. The van der Waals surface area contributed by atoms with Crippen molar-refractivity contribution >= 4 is 46.2 Å². The van der Waals surface area contributed by atoms with E-state index < -0.39 is 0 Å². The van der Waals surface area contributed by atoms with Gasteiger partial charge in [-0.15, -0.1) is 0 Å². The monoisotopic (exact) mass is 363 g/mol. The van der Waals surface area contributed by atoms with Crippen LogP contribution in [-0.2, 0) is 4.79 Å². The van der Waals surface area contributed by atoms with Crippen LogP contribution in [0.3, 0.4) is 0 Å². The Hall–Kier alpha value is -1.91. The Morgan fingerprint density at radius 2 is 1.62 bits per heavy atom. The minimum Gasteiger partial charge on any atom is -0.376 e. The maximum absolute atomic E-state index is 12.0. The predicted molar refractivity (Wildman–Crippen MR) is 101 cm³/mol. The van der Waals surface area contributed by atoms with Crippen LogP contribution < -0.4 is 15.5 Å². The van der Waals surface area contributed by atoms with Crippen LogP contribution in [-0.4, -0.2) is 25.5 Å². The molecule has 3 rings (SSSR count). The van der Waals surface area contributed by atoms with Gasteiger partial charge < -0.3 is 15.5 Å². The number of nitrogens with one attached hydrogen (secondary N) is 2. The lowest BCUT2D eigenvalue weighted by atomic mass is 10.2. The summed E-state index contributed by atoms with van der Waals surface area (Å²) >= 11 is 11.8. The third-order valence-electron chi connectivity index (χ3n) is 3.99. The Bertz CT molecular complexity index is 713. The van der Waals surface area contributed by atoms with Gasteiger partial charge in [0.15, 0.2) is 0 Å². The third kappa shape index (κ3) is 4.34. The molecule has 0 saturated carbocycles. The first kappa shape index (κ1) is 16.9. The number of carbonyl (C=O) groups excluding carboxylic acids is 1. The van der Waals surface area contributed by atoms with E-state index in [0.717, 1.165) is 18.8 Å². The lowest BCUT2D eigenvalue weighted by Crippen LogP contribution is -2.22. The average Bonchev–Trinajstić information content (AvgIpc) is 3.11. The van der Waals surface area contributed by atoms with Gasteiger partial charge >= 0.3 is 0 Å². The maximum Gasteiger partial charge on any atom is 0.243 e. The predicted octanol–water partition coefficient (Wildman–Crippen LogP) is 4.64. The molecule has 126 valence electrons. The van der Waals surface area contributed by atoms with Gasteiger partial charge in [0.05, 0.1) is 16.6 Å².